The molecular weight excluding hydrogens is 291 g/mol. The third-order valence-corrected chi connectivity index (χ3v) is 4.36. The van der Waals surface area contributed by atoms with E-state index in [-0.39, 0.29) is 6.04 Å². The number of nitrogens with two attached hydrogens (primary N) is 1. The molecule has 2 aromatic carbocycles. The predicted octanol–water partition coefficient (Wildman–Crippen LogP) is 4.30. The number of rotatable bonds is 4. The van der Waals surface area contributed by atoms with Crippen molar-refractivity contribution in [1.29, 1.82) is 0 Å². The molecule has 3 unspecified atom stereocenters. The molecule has 3 N–H and O–H groups in total. The van der Waals surface area contributed by atoms with E-state index in [0.29, 0.717) is 21.9 Å². The smallest absolute Gasteiger partial charge is 0.0495 e. The maximum absolute atomic E-state index is 6.08. The maximum Gasteiger partial charge on any atom is 0.0495 e. The molecule has 0 spiro atoms. The Morgan fingerprint density at radius 3 is 2.30 bits per heavy atom. The molecule has 1 aliphatic rings. The van der Waals surface area contributed by atoms with Gasteiger partial charge in [0.1, 0.15) is 0 Å². The lowest BCUT2D eigenvalue weighted by Crippen LogP contribution is -2.29. The van der Waals surface area contributed by atoms with Gasteiger partial charge in [0.05, 0.1) is 0 Å². The van der Waals surface area contributed by atoms with Gasteiger partial charge in [0.2, 0.25) is 0 Å². The van der Waals surface area contributed by atoms with Crippen LogP contribution in [0.25, 0.3) is 0 Å². The molecule has 0 radical (unpaired) electrons. The zero-order valence-corrected chi connectivity index (χ0v) is 12.4. The number of hydrogen-bond donors (Lipinski definition) is 2. The minimum atomic E-state index is 0.0800. The first-order chi connectivity index (χ1) is 9.69. The molecule has 1 fully saturated rings. The van der Waals surface area contributed by atoms with E-state index in [1.807, 2.05) is 18.2 Å². The summed E-state index contributed by atoms with van der Waals surface area (Å²) >= 11 is 12.2. The topological polar surface area (TPSA) is 38.0 Å². The van der Waals surface area contributed by atoms with Gasteiger partial charge < -0.3 is 0 Å². The SMILES string of the molecule is NNC(c1cc(Cl)cc(Cl)c1)C1CC1c1ccccc1. The van der Waals surface area contributed by atoms with Crippen LogP contribution in [0.4, 0.5) is 0 Å². The fourth-order valence-electron chi connectivity index (χ4n) is 2.89. The van der Waals surface area contributed by atoms with Crippen molar-refractivity contribution in [3.05, 3.63) is 69.7 Å². The van der Waals surface area contributed by atoms with Crippen LogP contribution >= 0.6 is 23.2 Å². The highest BCUT2D eigenvalue weighted by molar-refractivity contribution is 6.34. The Morgan fingerprint density at radius 2 is 1.70 bits per heavy atom. The van der Waals surface area contributed by atoms with Gasteiger partial charge in [0, 0.05) is 16.1 Å². The zero-order valence-electron chi connectivity index (χ0n) is 10.9. The molecule has 0 amide bonds. The van der Waals surface area contributed by atoms with Gasteiger partial charge in [-0.2, -0.15) is 0 Å². The molecule has 2 aromatic rings. The highest BCUT2D eigenvalue weighted by Crippen LogP contribution is 2.54. The fraction of sp³-hybridized carbons (Fsp3) is 0.250. The van der Waals surface area contributed by atoms with Gasteiger partial charge in [0.25, 0.3) is 0 Å². The molecule has 0 aliphatic heterocycles. The van der Waals surface area contributed by atoms with Crippen LogP contribution in [-0.2, 0) is 0 Å². The Balaban J connectivity index is 1.82. The van der Waals surface area contributed by atoms with Crippen LogP contribution in [0.15, 0.2) is 48.5 Å². The number of nitrogens with one attached hydrogen (secondary N) is 1. The number of hydrogen-bond acceptors (Lipinski definition) is 2. The number of hydrazine groups is 1. The van der Waals surface area contributed by atoms with Crippen molar-refractivity contribution >= 4 is 23.2 Å². The van der Waals surface area contributed by atoms with E-state index in [1.54, 1.807) is 6.07 Å². The fourth-order valence-corrected chi connectivity index (χ4v) is 3.43. The second kappa shape index (κ2) is 5.74. The molecular formula is C16H16Cl2N2. The molecule has 0 bridgehead atoms. The Morgan fingerprint density at radius 1 is 1.05 bits per heavy atom. The van der Waals surface area contributed by atoms with Crippen molar-refractivity contribution < 1.29 is 0 Å². The first-order valence-corrected chi connectivity index (χ1v) is 7.41. The van der Waals surface area contributed by atoms with Crippen molar-refractivity contribution in [2.75, 3.05) is 0 Å². The summed E-state index contributed by atoms with van der Waals surface area (Å²) in [6.45, 7) is 0. The van der Waals surface area contributed by atoms with Gasteiger partial charge in [-0.3, -0.25) is 11.3 Å². The first kappa shape index (κ1) is 13.9. The van der Waals surface area contributed by atoms with Gasteiger partial charge >= 0.3 is 0 Å². The summed E-state index contributed by atoms with van der Waals surface area (Å²) in [5, 5.41) is 1.29. The predicted molar refractivity (Wildman–Crippen MR) is 83.8 cm³/mol. The van der Waals surface area contributed by atoms with E-state index in [0.717, 1.165) is 12.0 Å². The van der Waals surface area contributed by atoms with Crippen molar-refractivity contribution in [3.63, 3.8) is 0 Å². The third kappa shape index (κ3) is 2.84. The zero-order chi connectivity index (χ0) is 14.1. The third-order valence-electron chi connectivity index (χ3n) is 3.92. The van der Waals surface area contributed by atoms with Crippen LogP contribution in [-0.4, -0.2) is 0 Å². The van der Waals surface area contributed by atoms with Crippen LogP contribution in [0.3, 0.4) is 0 Å². The van der Waals surface area contributed by atoms with Gasteiger partial charge in [0.15, 0.2) is 0 Å². The minimum Gasteiger partial charge on any atom is -0.271 e. The molecule has 104 valence electrons. The van der Waals surface area contributed by atoms with E-state index < -0.39 is 0 Å². The van der Waals surface area contributed by atoms with E-state index in [4.69, 9.17) is 29.0 Å². The molecule has 0 saturated heterocycles. The molecule has 0 heterocycles. The quantitative estimate of drug-likeness (QED) is 0.653. The van der Waals surface area contributed by atoms with Crippen LogP contribution in [0.1, 0.15) is 29.5 Å². The molecule has 0 aromatic heterocycles. The summed E-state index contributed by atoms with van der Waals surface area (Å²) < 4.78 is 0. The van der Waals surface area contributed by atoms with Crippen molar-refractivity contribution in [2.24, 2.45) is 11.8 Å². The van der Waals surface area contributed by atoms with Crippen LogP contribution in [0.5, 0.6) is 0 Å². The summed E-state index contributed by atoms with van der Waals surface area (Å²) in [7, 11) is 0. The second-order valence-electron chi connectivity index (χ2n) is 5.26. The van der Waals surface area contributed by atoms with Crippen molar-refractivity contribution in [1.82, 2.24) is 5.43 Å². The highest BCUT2D eigenvalue weighted by Gasteiger charge is 2.44. The van der Waals surface area contributed by atoms with Gasteiger partial charge in [-0.15, -0.1) is 0 Å². The Labute approximate surface area is 128 Å². The standard InChI is InChI=1S/C16H16Cl2N2/c17-12-6-11(7-13(18)8-12)16(20-19)15-9-14(15)10-4-2-1-3-5-10/h1-8,14-16,20H,9,19H2. The lowest BCUT2D eigenvalue weighted by molar-refractivity contribution is 0.487. The average molecular weight is 307 g/mol. The lowest BCUT2D eigenvalue weighted by atomic mass is 9.99. The highest BCUT2D eigenvalue weighted by atomic mass is 35.5. The van der Waals surface area contributed by atoms with Crippen molar-refractivity contribution in [3.8, 4) is 0 Å². The number of halogens is 2. The maximum atomic E-state index is 6.08. The van der Waals surface area contributed by atoms with Crippen LogP contribution in [0.2, 0.25) is 10.0 Å². The molecule has 1 aliphatic carbocycles. The van der Waals surface area contributed by atoms with Gasteiger partial charge in [-0.25, -0.2) is 0 Å². The van der Waals surface area contributed by atoms with Crippen molar-refractivity contribution in [2.45, 2.75) is 18.4 Å². The van der Waals surface area contributed by atoms with E-state index in [2.05, 4.69) is 29.7 Å². The monoisotopic (exact) mass is 306 g/mol. The Hall–Kier alpha value is -1.06. The molecule has 4 heteroatoms. The summed E-state index contributed by atoms with van der Waals surface area (Å²) in [5.74, 6) is 6.78. The number of benzene rings is 2. The van der Waals surface area contributed by atoms with E-state index in [9.17, 15) is 0 Å². The average Bonchev–Trinajstić information content (AvgIpc) is 3.20. The van der Waals surface area contributed by atoms with Gasteiger partial charge in [-0.1, -0.05) is 53.5 Å². The molecule has 3 rings (SSSR count). The van der Waals surface area contributed by atoms with Crippen LogP contribution in [0, 0.1) is 5.92 Å². The second-order valence-corrected chi connectivity index (χ2v) is 6.14. The largest absolute Gasteiger partial charge is 0.271 e. The first-order valence-electron chi connectivity index (χ1n) is 6.66. The van der Waals surface area contributed by atoms with Crippen LogP contribution < -0.4 is 11.3 Å². The summed E-state index contributed by atoms with van der Waals surface area (Å²) in [6.07, 6.45) is 1.13. The molecule has 20 heavy (non-hydrogen) atoms. The molecule has 1 saturated carbocycles. The van der Waals surface area contributed by atoms with Gasteiger partial charge in [-0.05, 0) is 47.6 Å². The molecule has 3 atom stereocenters. The molecule has 2 nitrogen and oxygen atoms in total. The van der Waals surface area contributed by atoms with E-state index >= 15 is 0 Å². The van der Waals surface area contributed by atoms with E-state index in [1.165, 1.54) is 5.56 Å². The summed E-state index contributed by atoms with van der Waals surface area (Å²) in [6, 6.07) is 16.2. The Kier molecular flexibility index (Phi) is 3.99. The Bertz CT molecular complexity index is 580. The lowest BCUT2D eigenvalue weighted by Gasteiger charge is -2.17. The summed E-state index contributed by atoms with van der Waals surface area (Å²) in [5.41, 5.74) is 5.33. The summed E-state index contributed by atoms with van der Waals surface area (Å²) in [4.78, 5) is 0. The minimum absolute atomic E-state index is 0.0800. The normalized spacial score (nSPS) is 22.6.